The van der Waals surface area contributed by atoms with E-state index in [0.29, 0.717) is 22.1 Å². The Morgan fingerprint density at radius 2 is 2.07 bits per heavy atom. The summed E-state index contributed by atoms with van der Waals surface area (Å²) < 4.78 is 15.7. The zero-order valence-corrected chi connectivity index (χ0v) is 16.2. The molecule has 1 fully saturated rings. The lowest BCUT2D eigenvalue weighted by atomic mass is 10.0. The molecule has 1 atom stereocenters. The first-order valence-corrected chi connectivity index (χ1v) is 10.1. The van der Waals surface area contributed by atoms with Crippen LogP contribution in [0.4, 0.5) is 20.6 Å². The number of thiophene rings is 1. The van der Waals surface area contributed by atoms with Gasteiger partial charge in [0.05, 0.1) is 16.1 Å². The van der Waals surface area contributed by atoms with E-state index >= 15 is 4.39 Å². The van der Waals surface area contributed by atoms with E-state index in [2.05, 4.69) is 10.3 Å². The van der Waals surface area contributed by atoms with E-state index in [1.54, 1.807) is 11.0 Å². The highest BCUT2D eigenvalue weighted by Crippen LogP contribution is 2.37. The summed E-state index contributed by atoms with van der Waals surface area (Å²) in [4.78, 5) is 18.5. The van der Waals surface area contributed by atoms with Crippen molar-refractivity contribution in [1.82, 2.24) is 5.32 Å². The Kier molecular flexibility index (Phi) is 4.18. The van der Waals surface area contributed by atoms with E-state index < -0.39 is 6.04 Å². The third-order valence-electron chi connectivity index (χ3n) is 5.13. The number of fused-ring (bicyclic) bond motifs is 1. The smallest absolute Gasteiger partial charge is 0.322 e. The second-order valence-electron chi connectivity index (χ2n) is 6.78. The molecule has 1 unspecified atom stereocenters. The number of rotatable bonds is 3. The molecular weight excluding hydrogens is 397 g/mol. The van der Waals surface area contributed by atoms with E-state index in [0.717, 1.165) is 28.8 Å². The van der Waals surface area contributed by atoms with Crippen molar-refractivity contribution < 1.29 is 9.18 Å². The Labute approximate surface area is 170 Å². The molecule has 0 spiro atoms. The first-order valence-electron chi connectivity index (χ1n) is 8.86. The Morgan fingerprint density at radius 3 is 2.86 bits per heavy atom. The molecule has 0 aliphatic carbocycles. The maximum atomic E-state index is 15.0. The largest absolute Gasteiger partial charge is 0.335 e. The molecule has 4 nitrogen and oxygen atoms in total. The normalized spacial score (nSPS) is 17.9. The highest BCUT2D eigenvalue weighted by molar-refractivity contribution is 7.14. The van der Waals surface area contributed by atoms with Crippen molar-refractivity contribution in [3.63, 3.8) is 0 Å². The molecule has 1 saturated heterocycles. The van der Waals surface area contributed by atoms with E-state index in [1.807, 2.05) is 41.9 Å². The number of nitrogens with one attached hydrogen (secondary N) is 1. The third kappa shape index (κ3) is 2.89. The van der Waals surface area contributed by atoms with Crippen LogP contribution < -0.4 is 10.2 Å². The van der Waals surface area contributed by atoms with E-state index in [-0.39, 0.29) is 11.8 Å². The third-order valence-corrected chi connectivity index (χ3v) is 6.22. The lowest BCUT2D eigenvalue weighted by molar-refractivity contribution is 0.251. The number of aliphatic imine (C=N–C) groups is 1. The van der Waals surface area contributed by atoms with Gasteiger partial charge in [0.25, 0.3) is 0 Å². The molecule has 3 heterocycles. The lowest BCUT2D eigenvalue weighted by Gasteiger charge is -2.24. The van der Waals surface area contributed by atoms with Gasteiger partial charge in [0.15, 0.2) is 0 Å². The average Bonchev–Trinajstić information content (AvgIpc) is 3.40. The summed E-state index contributed by atoms with van der Waals surface area (Å²) in [6.07, 6.45) is 2.65. The molecule has 7 heteroatoms. The second kappa shape index (κ2) is 6.72. The summed E-state index contributed by atoms with van der Waals surface area (Å²) in [6.45, 7) is 0.347. The number of urea groups is 1. The van der Waals surface area contributed by atoms with E-state index in [4.69, 9.17) is 11.6 Å². The molecule has 0 saturated carbocycles. The van der Waals surface area contributed by atoms with Gasteiger partial charge in [-0.05, 0) is 41.0 Å². The molecule has 2 aliphatic heterocycles. The van der Waals surface area contributed by atoms with Crippen molar-refractivity contribution >= 4 is 46.6 Å². The first kappa shape index (κ1) is 17.4. The SMILES string of the molecule is O=C1NCC(c2ccc(-c3csc(Cl)c3)cc2F)N1c1ccc2c(c1)N=CC2. The molecule has 5 rings (SSSR count). The van der Waals surface area contributed by atoms with Crippen LogP contribution in [0.2, 0.25) is 4.34 Å². The van der Waals surface area contributed by atoms with Crippen LogP contribution in [-0.2, 0) is 6.42 Å². The van der Waals surface area contributed by atoms with Crippen LogP contribution in [0, 0.1) is 5.82 Å². The first-order chi connectivity index (χ1) is 13.6. The van der Waals surface area contributed by atoms with Gasteiger partial charge in [-0.1, -0.05) is 29.8 Å². The molecular formula is C21H15ClFN3OS. The van der Waals surface area contributed by atoms with Crippen LogP contribution in [0.25, 0.3) is 11.1 Å². The maximum absolute atomic E-state index is 15.0. The summed E-state index contributed by atoms with van der Waals surface area (Å²) in [5.41, 5.74) is 4.83. The number of carbonyl (C=O) groups excluding carboxylic acids is 1. The monoisotopic (exact) mass is 411 g/mol. The summed E-state index contributed by atoms with van der Waals surface area (Å²) in [5, 5.41) is 4.72. The summed E-state index contributed by atoms with van der Waals surface area (Å²) in [7, 11) is 0. The fraction of sp³-hybridized carbons (Fsp3) is 0.143. The fourth-order valence-electron chi connectivity index (χ4n) is 3.72. The van der Waals surface area contributed by atoms with Crippen molar-refractivity contribution in [3.05, 3.63) is 69.1 Å². The van der Waals surface area contributed by atoms with Gasteiger partial charge in [0.2, 0.25) is 0 Å². The van der Waals surface area contributed by atoms with Crippen molar-refractivity contribution in [2.24, 2.45) is 4.99 Å². The Bertz CT molecular complexity index is 1130. The van der Waals surface area contributed by atoms with Gasteiger partial charge in [-0.3, -0.25) is 9.89 Å². The summed E-state index contributed by atoms with van der Waals surface area (Å²) in [6, 6.07) is 12.0. The zero-order valence-electron chi connectivity index (χ0n) is 14.7. The van der Waals surface area contributed by atoms with Gasteiger partial charge in [-0.25, -0.2) is 9.18 Å². The van der Waals surface area contributed by atoms with Crippen LogP contribution in [0.1, 0.15) is 17.2 Å². The van der Waals surface area contributed by atoms with Crippen LogP contribution in [0.5, 0.6) is 0 Å². The van der Waals surface area contributed by atoms with Gasteiger partial charge < -0.3 is 5.32 Å². The van der Waals surface area contributed by atoms with Gasteiger partial charge in [-0.15, -0.1) is 11.3 Å². The number of halogens is 2. The molecule has 1 aromatic heterocycles. The summed E-state index contributed by atoms with van der Waals surface area (Å²) in [5.74, 6) is -0.342. The molecule has 0 radical (unpaired) electrons. The Balaban J connectivity index is 1.51. The van der Waals surface area contributed by atoms with Crippen molar-refractivity contribution in [2.45, 2.75) is 12.5 Å². The lowest BCUT2D eigenvalue weighted by Crippen LogP contribution is -2.30. The van der Waals surface area contributed by atoms with Gasteiger partial charge in [0, 0.05) is 35.8 Å². The Hall–Kier alpha value is -2.70. The van der Waals surface area contributed by atoms with Crippen LogP contribution in [0.15, 0.2) is 52.8 Å². The molecule has 28 heavy (non-hydrogen) atoms. The van der Waals surface area contributed by atoms with Gasteiger partial charge in [-0.2, -0.15) is 0 Å². The van der Waals surface area contributed by atoms with Crippen molar-refractivity contribution in [2.75, 3.05) is 11.4 Å². The minimum Gasteiger partial charge on any atom is -0.335 e. The van der Waals surface area contributed by atoms with Crippen LogP contribution in [-0.4, -0.2) is 18.8 Å². The topological polar surface area (TPSA) is 44.7 Å². The summed E-state index contributed by atoms with van der Waals surface area (Å²) >= 11 is 7.40. The average molecular weight is 412 g/mol. The number of benzene rings is 2. The highest BCUT2D eigenvalue weighted by atomic mass is 35.5. The molecule has 0 bridgehead atoms. The fourth-order valence-corrected chi connectivity index (χ4v) is 4.61. The number of hydrogen-bond acceptors (Lipinski definition) is 3. The quantitative estimate of drug-likeness (QED) is 0.587. The van der Waals surface area contributed by atoms with E-state index in [1.165, 1.54) is 17.4 Å². The number of hydrogen-bond donors (Lipinski definition) is 1. The molecule has 1 N–H and O–H groups in total. The van der Waals surface area contributed by atoms with Gasteiger partial charge in [0.1, 0.15) is 5.82 Å². The maximum Gasteiger partial charge on any atom is 0.322 e. The molecule has 2 aliphatic rings. The van der Waals surface area contributed by atoms with Gasteiger partial charge >= 0.3 is 6.03 Å². The number of anilines is 1. The molecule has 2 amide bonds. The van der Waals surface area contributed by atoms with Crippen molar-refractivity contribution in [3.8, 4) is 11.1 Å². The van der Waals surface area contributed by atoms with E-state index in [9.17, 15) is 4.79 Å². The predicted molar refractivity (Wildman–Crippen MR) is 112 cm³/mol. The Morgan fingerprint density at radius 1 is 1.18 bits per heavy atom. The molecule has 2 aromatic carbocycles. The predicted octanol–water partition coefficient (Wildman–Crippen LogP) is 5.74. The highest BCUT2D eigenvalue weighted by Gasteiger charge is 2.35. The van der Waals surface area contributed by atoms with Crippen molar-refractivity contribution in [1.29, 1.82) is 0 Å². The minimum absolute atomic E-state index is 0.236. The minimum atomic E-state index is -0.420. The number of nitrogens with zero attached hydrogens (tertiary/aromatic N) is 2. The number of carbonyl (C=O) groups is 1. The van der Waals surface area contributed by atoms with Crippen LogP contribution in [0.3, 0.4) is 0 Å². The number of amides is 2. The van der Waals surface area contributed by atoms with Crippen LogP contribution >= 0.6 is 22.9 Å². The molecule has 3 aromatic rings. The molecule has 140 valence electrons. The second-order valence-corrected chi connectivity index (χ2v) is 8.32. The zero-order chi connectivity index (χ0) is 19.3. The standard InChI is InChI=1S/C21H15ClFN3OS/c22-20-8-14(11-28-20)13-2-4-16(17(23)7-13)19-10-25-21(27)26(19)15-3-1-12-5-6-24-18(12)9-15/h1-4,6-9,11,19H,5,10H2,(H,25,27).